The van der Waals surface area contributed by atoms with E-state index in [4.69, 9.17) is 0 Å². The van der Waals surface area contributed by atoms with Gasteiger partial charge in [-0.1, -0.05) is 42.5 Å². The van der Waals surface area contributed by atoms with Crippen LogP contribution in [0, 0.1) is 0 Å². The highest BCUT2D eigenvalue weighted by Gasteiger charge is 2.27. The molecule has 2 rings (SSSR count). The Hall–Kier alpha value is -1.70. The summed E-state index contributed by atoms with van der Waals surface area (Å²) in [6, 6.07) is 9.93. The molecule has 0 atom stereocenters. The highest BCUT2D eigenvalue weighted by Crippen LogP contribution is 2.09. The number of rotatable bonds is 7. The fraction of sp³-hybridized carbons (Fsp3) is 0.526. The number of hydrogen-bond donors (Lipinski definition) is 0. The number of carbonyl (C=O) groups excluding carboxylic acids is 1. The van der Waals surface area contributed by atoms with Crippen molar-refractivity contribution >= 4 is 22.0 Å². The lowest BCUT2D eigenvalue weighted by atomic mass is 10.2. The molecule has 0 spiro atoms. The molecule has 0 aromatic heterocycles. The van der Waals surface area contributed by atoms with Gasteiger partial charge < -0.3 is 4.90 Å². The topological polar surface area (TPSA) is 60.9 Å². The van der Waals surface area contributed by atoms with Crippen LogP contribution < -0.4 is 0 Å². The van der Waals surface area contributed by atoms with E-state index in [1.807, 2.05) is 18.2 Å². The largest absolute Gasteiger partial charge is 0.339 e. The standard InChI is InChI=1S/C19H29N3O3S/c1-17(2)22(26(3,24)25)16-19(23)21-14-12-20(13-15-21)11-7-10-18-8-5-4-6-9-18/h4-10,17H,11-16H2,1-3H3/b10-7+. The second kappa shape index (κ2) is 9.30. The molecule has 6 nitrogen and oxygen atoms in total. The van der Waals surface area contributed by atoms with E-state index in [1.54, 1.807) is 18.7 Å². The molecular weight excluding hydrogens is 350 g/mol. The molecule has 0 saturated carbocycles. The van der Waals surface area contributed by atoms with Crippen LogP contribution in [0.15, 0.2) is 36.4 Å². The van der Waals surface area contributed by atoms with Gasteiger partial charge in [-0.15, -0.1) is 0 Å². The van der Waals surface area contributed by atoms with E-state index < -0.39 is 10.0 Å². The average molecular weight is 380 g/mol. The predicted octanol–water partition coefficient (Wildman–Crippen LogP) is 1.51. The normalized spacial score (nSPS) is 16.7. The monoisotopic (exact) mass is 379 g/mol. The van der Waals surface area contributed by atoms with Crippen LogP contribution in [0.4, 0.5) is 0 Å². The minimum Gasteiger partial charge on any atom is -0.339 e. The van der Waals surface area contributed by atoms with E-state index in [0.717, 1.165) is 25.9 Å². The Morgan fingerprint density at radius 3 is 2.31 bits per heavy atom. The van der Waals surface area contributed by atoms with E-state index >= 15 is 0 Å². The molecular formula is C19H29N3O3S. The summed E-state index contributed by atoms with van der Waals surface area (Å²) < 4.78 is 24.9. The number of amides is 1. The Morgan fingerprint density at radius 2 is 1.77 bits per heavy atom. The van der Waals surface area contributed by atoms with E-state index in [0.29, 0.717) is 13.1 Å². The van der Waals surface area contributed by atoms with Crippen LogP contribution in [0.2, 0.25) is 0 Å². The summed E-state index contributed by atoms with van der Waals surface area (Å²) in [7, 11) is -3.38. The lowest BCUT2D eigenvalue weighted by Gasteiger charge is -2.35. The Kier molecular flexibility index (Phi) is 7.37. The van der Waals surface area contributed by atoms with Gasteiger partial charge in [-0.3, -0.25) is 9.69 Å². The number of nitrogens with zero attached hydrogens (tertiary/aromatic N) is 3. The van der Waals surface area contributed by atoms with Crippen molar-refractivity contribution < 1.29 is 13.2 Å². The van der Waals surface area contributed by atoms with Crippen LogP contribution in [0.3, 0.4) is 0 Å². The maximum Gasteiger partial charge on any atom is 0.237 e. The molecule has 7 heteroatoms. The molecule has 0 aliphatic carbocycles. The number of carbonyl (C=O) groups is 1. The Morgan fingerprint density at radius 1 is 1.15 bits per heavy atom. The second-order valence-electron chi connectivity index (χ2n) is 6.90. The zero-order chi connectivity index (χ0) is 19.2. The molecule has 0 N–H and O–H groups in total. The molecule has 0 unspecified atom stereocenters. The molecule has 0 radical (unpaired) electrons. The number of hydrogen-bond acceptors (Lipinski definition) is 4. The van der Waals surface area contributed by atoms with Crippen molar-refractivity contribution in [3.05, 3.63) is 42.0 Å². The second-order valence-corrected chi connectivity index (χ2v) is 8.83. The first-order valence-electron chi connectivity index (χ1n) is 8.96. The van der Waals surface area contributed by atoms with Crippen LogP contribution in [0.1, 0.15) is 19.4 Å². The van der Waals surface area contributed by atoms with E-state index in [1.165, 1.54) is 9.87 Å². The van der Waals surface area contributed by atoms with Crippen molar-refractivity contribution in [3.63, 3.8) is 0 Å². The van der Waals surface area contributed by atoms with Crippen LogP contribution in [0.5, 0.6) is 0 Å². The van der Waals surface area contributed by atoms with Crippen molar-refractivity contribution in [3.8, 4) is 0 Å². The van der Waals surface area contributed by atoms with Crippen molar-refractivity contribution in [1.82, 2.24) is 14.1 Å². The van der Waals surface area contributed by atoms with E-state index in [9.17, 15) is 13.2 Å². The van der Waals surface area contributed by atoms with Gasteiger partial charge in [-0.05, 0) is 19.4 Å². The molecule has 1 heterocycles. The molecule has 144 valence electrons. The number of sulfonamides is 1. The van der Waals surface area contributed by atoms with E-state index in [-0.39, 0.29) is 18.5 Å². The minimum absolute atomic E-state index is 0.0790. The smallest absolute Gasteiger partial charge is 0.237 e. The summed E-state index contributed by atoms with van der Waals surface area (Å²) in [4.78, 5) is 16.5. The third-order valence-electron chi connectivity index (χ3n) is 4.49. The third-order valence-corrected chi connectivity index (χ3v) is 5.89. The molecule has 1 aliphatic rings. The molecule has 26 heavy (non-hydrogen) atoms. The molecule has 1 saturated heterocycles. The first-order valence-corrected chi connectivity index (χ1v) is 10.8. The predicted molar refractivity (Wildman–Crippen MR) is 105 cm³/mol. The van der Waals surface area contributed by atoms with Gasteiger partial charge in [0.25, 0.3) is 0 Å². The van der Waals surface area contributed by atoms with Gasteiger partial charge in [-0.2, -0.15) is 4.31 Å². The summed E-state index contributed by atoms with van der Waals surface area (Å²) in [6.45, 7) is 7.19. The number of piperazine rings is 1. The summed E-state index contributed by atoms with van der Waals surface area (Å²) >= 11 is 0. The first kappa shape index (κ1) is 20.6. The van der Waals surface area contributed by atoms with Gasteiger partial charge in [0.2, 0.25) is 15.9 Å². The fourth-order valence-electron chi connectivity index (χ4n) is 3.00. The zero-order valence-electron chi connectivity index (χ0n) is 15.8. The van der Waals surface area contributed by atoms with Gasteiger partial charge in [0.15, 0.2) is 0 Å². The van der Waals surface area contributed by atoms with Crippen LogP contribution in [-0.2, 0) is 14.8 Å². The molecule has 1 amide bonds. The molecule has 1 fully saturated rings. The van der Waals surface area contributed by atoms with Crippen LogP contribution in [0.25, 0.3) is 6.08 Å². The molecule has 1 aromatic rings. The molecule has 1 aliphatic heterocycles. The Balaban J connectivity index is 1.80. The Labute approximate surface area is 157 Å². The van der Waals surface area contributed by atoms with Crippen molar-refractivity contribution in [1.29, 1.82) is 0 Å². The summed E-state index contributed by atoms with van der Waals surface area (Å²) in [5, 5.41) is 0. The fourth-order valence-corrected chi connectivity index (χ4v) is 4.11. The summed E-state index contributed by atoms with van der Waals surface area (Å²) in [5.41, 5.74) is 1.18. The summed E-state index contributed by atoms with van der Waals surface area (Å²) in [5.74, 6) is -0.122. The first-order chi connectivity index (χ1) is 12.3. The maximum absolute atomic E-state index is 12.5. The van der Waals surface area contributed by atoms with Gasteiger partial charge in [-0.25, -0.2) is 8.42 Å². The zero-order valence-corrected chi connectivity index (χ0v) is 16.7. The van der Waals surface area contributed by atoms with Crippen LogP contribution >= 0.6 is 0 Å². The minimum atomic E-state index is -3.38. The van der Waals surface area contributed by atoms with Crippen LogP contribution in [-0.4, -0.2) is 80.0 Å². The van der Waals surface area contributed by atoms with Gasteiger partial charge >= 0.3 is 0 Å². The van der Waals surface area contributed by atoms with Crippen molar-refractivity contribution in [2.75, 3.05) is 45.5 Å². The summed E-state index contributed by atoms with van der Waals surface area (Å²) in [6.07, 6.45) is 5.39. The highest BCUT2D eigenvalue weighted by atomic mass is 32.2. The quantitative estimate of drug-likeness (QED) is 0.721. The van der Waals surface area contributed by atoms with Gasteiger partial charge in [0.1, 0.15) is 0 Å². The van der Waals surface area contributed by atoms with E-state index in [2.05, 4.69) is 29.2 Å². The van der Waals surface area contributed by atoms with Gasteiger partial charge in [0.05, 0.1) is 12.8 Å². The maximum atomic E-state index is 12.5. The van der Waals surface area contributed by atoms with Gasteiger partial charge in [0, 0.05) is 38.8 Å². The number of benzene rings is 1. The lowest BCUT2D eigenvalue weighted by molar-refractivity contribution is -0.133. The SMILES string of the molecule is CC(C)N(CC(=O)N1CCN(C/C=C/c2ccccc2)CC1)S(C)(=O)=O. The lowest BCUT2D eigenvalue weighted by Crippen LogP contribution is -2.52. The Bertz CT molecular complexity index is 709. The van der Waals surface area contributed by atoms with Crippen molar-refractivity contribution in [2.45, 2.75) is 19.9 Å². The highest BCUT2D eigenvalue weighted by molar-refractivity contribution is 7.88. The average Bonchev–Trinajstić information content (AvgIpc) is 2.59. The van der Waals surface area contributed by atoms with Crippen molar-refractivity contribution in [2.24, 2.45) is 0 Å². The third kappa shape index (κ3) is 6.23. The molecule has 0 bridgehead atoms. The molecule has 1 aromatic carbocycles.